The van der Waals surface area contributed by atoms with Gasteiger partial charge in [0.15, 0.2) is 0 Å². The topological polar surface area (TPSA) is 86.5 Å². The highest BCUT2D eigenvalue weighted by Gasteiger charge is 2.11. The molecule has 3 N–H and O–H groups in total. The number of nitrogen functional groups attached to an aromatic ring is 1. The van der Waals surface area contributed by atoms with E-state index in [1.807, 2.05) is 36.4 Å². The molecule has 0 aliphatic rings. The van der Waals surface area contributed by atoms with Gasteiger partial charge in [-0.25, -0.2) is 4.98 Å². The van der Waals surface area contributed by atoms with Gasteiger partial charge in [0.2, 0.25) is 0 Å². The average Bonchev–Trinajstić information content (AvgIpc) is 2.79. The zero-order valence-corrected chi connectivity index (χ0v) is 18.9. The molecule has 3 rings (SSSR count). The third-order valence-corrected chi connectivity index (χ3v) is 5.31. The van der Waals surface area contributed by atoms with Crippen molar-refractivity contribution in [1.82, 2.24) is 10.3 Å². The van der Waals surface area contributed by atoms with Crippen molar-refractivity contribution in [3.05, 3.63) is 83.0 Å². The van der Waals surface area contributed by atoms with Crippen molar-refractivity contribution in [3.8, 4) is 11.5 Å². The second kappa shape index (κ2) is 11.3. The molecule has 3 aromatic rings. The molecule has 2 aromatic carbocycles. The lowest BCUT2D eigenvalue weighted by atomic mass is 9.99. The number of carbonyl (C=O) groups is 1. The number of nitrogens with two attached hydrogens (primary N) is 1. The van der Waals surface area contributed by atoms with Crippen LogP contribution in [0.5, 0.6) is 11.5 Å². The molecule has 0 aliphatic heterocycles. The number of amides is 1. The number of methoxy groups -OCH3 is 1. The highest BCUT2D eigenvalue weighted by atomic mass is 16.5. The van der Waals surface area contributed by atoms with E-state index in [2.05, 4.69) is 36.3 Å². The molecule has 6 heteroatoms. The summed E-state index contributed by atoms with van der Waals surface area (Å²) in [6.45, 7) is 5.19. The Kier molecular flexibility index (Phi) is 8.22. The van der Waals surface area contributed by atoms with Gasteiger partial charge in [-0.2, -0.15) is 0 Å². The number of carbonyl (C=O) groups excluding carboxylic acids is 1. The van der Waals surface area contributed by atoms with Crippen molar-refractivity contribution < 1.29 is 14.3 Å². The van der Waals surface area contributed by atoms with E-state index in [0.29, 0.717) is 30.3 Å². The lowest BCUT2D eigenvalue weighted by Gasteiger charge is -2.11. The van der Waals surface area contributed by atoms with Gasteiger partial charge in [0, 0.05) is 13.7 Å². The molecule has 1 heterocycles. The van der Waals surface area contributed by atoms with Crippen LogP contribution in [0.1, 0.15) is 47.4 Å². The SMILES string of the molecule is CCC(C)Cc1cccc(Oc2ccc(CNC(=O)c3ccc(COC)nc3N)cc2)c1. The number of pyridine rings is 1. The quantitative estimate of drug-likeness (QED) is 0.463. The Labute approximate surface area is 189 Å². The van der Waals surface area contributed by atoms with Crippen LogP contribution in [0, 0.1) is 5.92 Å². The molecule has 0 bridgehead atoms. The summed E-state index contributed by atoms with van der Waals surface area (Å²) in [5.74, 6) is 2.15. The Hall–Kier alpha value is -3.38. The van der Waals surface area contributed by atoms with Crippen molar-refractivity contribution in [3.63, 3.8) is 0 Å². The smallest absolute Gasteiger partial charge is 0.255 e. The predicted octanol–water partition coefficient (Wildman–Crippen LogP) is 5.12. The maximum absolute atomic E-state index is 12.5. The molecule has 1 unspecified atom stereocenters. The fourth-order valence-electron chi connectivity index (χ4n) is 3.31. The van der Waals surface area contributed by atoms with E-state index in [0.717, 1.165) is 29.9 Å². The summed E-state index contributed by atoms with van der Waals surface area (Å²) < 4.78 is 11.0. The van der Waals surface area contributed by atoms with Crippen LogP contribution in [0.15, 0.2) is 60.7 Å². The number of hydrogen-bond donors (Lipinski definition) is 2. The van der Waals surface area contributed by atoms with Gasteiger partial charge in [0.25, 0.3) is 5.91 Å². The molecule has 0 saturated heterocycles. The Balaban J connectivity index is 1.56. The highest BCUT2D eigenvalue weighted by Crippen LogP contribution is 2.24. The van der Waals surface area contributed by atoms with Gasteiger partial charge in [0.1, 0.15) is 17.3 Å². The van der Waals surface area contributed by atoms with Gasteiger partial charge >= 0.3 is 0 Å². The number of hydrogen-bond acceptors (Lipinski definition) is 5. The highest BCUT2D eigenvalue weighted by molar-refractivity contribution is 5.98. The van der Waals surface area contributed by atoms with Crippen LogP contribution >= 0.6 is 0 Å². The van der Waals surface area contributed by atoms with Crippen molar-refractivity contribution in [2.75, 3.05) is 12.8 Å². The summed E-state index contributed by atoms with van der Waals surface area (Å²) in [4.78, 5) is 16.7. The summed E-state index contributed by atoms with van der Waals surface area (Å²) in [7, 11) is 1.58. The fraction of sp³-hybridized carbons (Fsp3) is 0.308. The third-order valence-electron chi connectivity index (χ3n) is 5.31. The van der Waals surface area contributed by atoms with Crippen molar-refractivity contribution in [2.45, 2.75) is 39.8 Å². The summed E-state index contributed by atoms with van der Waals surface area (Å²) in [6.07, 6.45) is 2.20. The van der Waals surface area contributed by atoms with Crippen LogP contribution in [0.4, 0.5) is 5.82 Å². The molecule has 0 saturated carbocycles. The number of benzene rings is 2. The van der Waals surface area contributed by atoms with Gasteiger partial charge in [-0.1, -0.05) is 44.5 Å². The molecular formula is C26H31N3O3. The largest absolute Gasteiger partial charge is 0.457 e. The third kappa shape index (κ3) is 6.56. The average molecular weight is 434 g/mol. The minimum Gasteiger partial charge on any atom is -0.457 e. The first-order chi connectivity index (χ1) is 15.5. The van der Waals surface area contributed by atoms with E-state index in [1.54, 1.807) is 19.2 Å². The molecule has 0 spiro atoms. The Bertz CT molecular complexity index is 1030. The van der Waals surface area contributed by atoms with Crippen molar-refractivity contribution >= 4 is 11.7 Å². The molecule has 0 fully saturated rings. The van der Waals surface area contributed by atoms with Crippen LogP contribution in [0.25, 0.3) is 0 Å². The van der Waals surface area contributed by atoms with Crippen LogP contribution in [0.2, 0.25) is 0 Å². The first-order valence-corrected chi connectivity index (χ1v) is 10.9. The molecule has 0 aliphatic carbocycles. The van der Waals surface area contributed by atoms with Crippen LogP contribution in [0.3, 0.4) is 0 Å². The van der Waals surface area contributed by atoms with Crippen LogP contribution in [-0.2, 0) is 24.3 Å². The van der Waals surface area contributed by atoms with E-state index in [1.165, 1.54) is 5.56 Å². The number of rotatable bonds is 10. The van der Waals surface area contributed by atoms with Gasteiger partial charge in [0.05, 0.1) is 17.9 Å². The maximum atomic E-state index is 12.5. The first-order valence-electron chi connectivity index (χ1n) is 10.9. The number of aromatic nitrogens is 1. The molecule has 6 nitrogen and oxygen atoms in total. The summed E-state index contributed by atoms with van der Waals surface area (Å²) in [5, 5.41) is 2.88. The number of nitrogens with one attached hydrogen (secondary N) is 1. The summed E-state index contributed by atoms with van der Waals surface area (Å²) in [6, 6.07) is 19.3. The second-order valence-corrected chi connectivity index (χ2v) is 7.96. The normalized spacial score (nSPS) is 11.7. The monoisotopic (exact) mass is 433 g/mol. The first kappa shape index (κ1) is 23.3. The van der Waals surface area contributed by atoms with Gasteiger partial charge in [-0.15, -0.1) is 0 Å². The van der Waals surface area contributed by atoms with Crippen LogP contribution < -0.4 is 15.8 Å². The van der Waals surface area contributed by atoms with Gasteiger partial charge in [-0.05, 0) is 59.9 Å². The molecule has 1 amide bonds. The minimum atomic E-state index is -0.266. The molecule has 1 atom stereocenters. The van der Waals surface area contributed by atoms with E-state index in [4.69, 9.17) is 15.2 Å². The van der Waals surface area contributed by atoms with E-state index < -0.39 is 0 Å². The van der Waals surface area contributed by atoms with Crippen molar-refractivity contribution in [2.24, 2.45) is 5.92 Å². The number of anilines is 1. The van der Waals surface area contributed by atoms with Crippen molar-refractivity contribution in [1.29, 1.82) is 0 Å². The van der Waals surface area contributed by atoms with E-state index >= 15 is 0 Å². The molecule has 0 radical (unpaired) electrons. The van der Waals surface area contributed by atoms with E-state index in [-0.39, 0.29) is 11.7 Å². The van der Waals surface area contributed by atoms with Gasteiger partial charge < -0.3 is 20.5 Å². The van der Waals surface area contributed by atoms with Gasteiger partial charge in [-0.3, -0.25) is 4.79 Å². The van der Waals surface area contributed by atoms with E-state index in [9.17, 15) is 4.79 Å². The number of nitrogens with zero attached hydrogens (tertiary/aromatic N) is 1. The predicted molar refractivity (Wildman–Crippen MR) is 127 cm³/mol. The summed E-state index contributed by atoms with van der Waals surface area (Å²) in [5.41, 5.74) is 9.18. The zero-order chi connectivity index (χ0) is 22.9. The molecule has 168 valence electrons. The number of ether oxygens (including phenoxy) is 2. The van der Waals surface area contributed by atoms with Crippen LogP contribution in [-0.4, -0.2) is 18.0 Å². The lowest BCUT2D eigenvalue weighted by molar-refractivity contribution is 0.0951. The molecule has 32 heavy (non-hydrogen) atoms. The lowest BCUT2D eigenvalue weighted by Crippen LogP contribution is -2.24. The molecular weight excluding hydrogens is 402 g/mol. The fourth-order valence-corrected chi connectivity index (χ4v) is 3.31. The maximum Gasteiger partial charge on any atom is 0.255 e. The minimum absolute atomic E-state index is 0.191. The zero-order valence-electron chi connectivity index (χ0n) is 18.9. The Morgan fingerprint density at radius 3 is 2.53 bits per heavy atom. The Morgan fingerprint density at radius 1 is 1.06 bits per heavy atom. The second-order valence-electron chi connectivity index (χ2n) is 7.96. The standard InChI is InChI=1S/C26H31N3O3/c1-4-18(2)14-20-6-5-7-23(15-20)32-22-11-8-19(9-12-22)16-28-26(30)24-13-10-21(17-31-3)29-25(24)27/h5-13,15,18H,4,14,16-17H2,1-3H3,(H2,27,29)(H,28,30). The molecule has 1 aromatic heterocycles. The Morgan fingerprint density at radius 2 is 1.84 bits per heavy atom. The summed E-state index contributed by atoms with van der Waals surface area (Å²) >= 11 is 0.